The van der Waals surface area contributed by atoms with Crippen LogP contribution in [0.3, 0.4) is 0 Å². The van der Waals surface area contributed by atoms with Gasteiger partial charge in [0.05, 0.1) is 0 Å². The van der Waals surface area contributed by atoms with Gasteiger partial charge in [-0.1, -0.05) is 28.1 Å². The summed E-state index contributed by atoms with van der Waals surface area (Å²) >= 11 is 7.82. The molecule has 0 amide bonds. The van der Waals surface area contributed by atoms with Crippen LogP contribution < -0.4 is 0 Å². The Morgan fingerprint density at radius 3 is 2.53 bits per heavy atom. The highest BCUT2D eigenvalue weighted by Crippen LogP contribution is 2.28. The molecule has 1 atom stereocenters. The van der Waals surface area contributed by atoms with Gasteiger partial charge in [-0.25, -0.2) is 0 Å². The summed E-state index contributed by atoms with van der Waals surface area (Å²) in [6.07, 6.45) is 1.06. The monoisotopic (exact) mass is 392 g/mol. The van der Waals surface area contributed by atoms with Crippen molar-refractivity contribution in [3.63, 3.8) is 0 Å². The SMILES string of the molecule is BrC(Cc1ccsc1)c1ccc(I)cc1. The fourth-order valence-electron chi connectivity index (χ4n) is 1.41. The lowest BCUT2D eigenvalue weighted by atomic mass is 10.1. The number of rotatable bonds is 3. The van der Waals surface area contributed by atoms with E-state index in [1.807, 2.05) is 0 Å². The Hall–Kier alpha value is 0.130. The highest BCUT2D eigenvalue weighted by Gasteiger charge is 2.08. The molecule has 0 nitrogen and oxygen atoms in total. The minimum absolute atomic E-state index is 0.420. The van der Waals surface area contributed by atoms with E-state index in [9.17, 15) is 0 Å². The number of hydrogen-bond donors (Lipinski definition) is 0. The first-order valence-electron chi connectivity index (χ1n) is 4.66. The number of alkyl halides is 1. The van der Waals surface area contributed by atoms with Gasteiger partial charge in [0.25, 0.3) is 0 Å². The summed E-state index contributed by atoms with van der Waals surface area (Å²) < 4.78 is 1.28. The van der Waals surface area contributed by atoms with Gasteiger partial charge in [0, 0.05) is 8.40 Å². The van der Waals surface area contributed by atoms with E-state index in [1.165, 1.54) is 14.7 Å². The van der Waals surface area contributed by atoms with Crippen molar-refractivity contribution in [2.45, 2.75) is 11.2 Å². The second kappa shape index (κ2) is 5.46. The third kappa shape index (κ3) is 3.29. The maximum atomic E-state index is 3.73. The molecule has 2 rings (SSSR count). The van der Waals surface area contributed by atoms with Crippen LogP contribution in [0, 0.1) is 3.57 Å². The van der Waals surface area contributed by atoms with E-state index in [4.69, 9.17) is 0 Å². The molecule has 2 aromatic rings. The average Bonchev–Trinajstić information content (AvgIpc) is 2.71. The summed E-state index contributed by atoms with van der Waals surface area (Å²) in [6, 6.07) is 10.9. The zero-order valence-electron chi connectivity index (χ0n) is 7.99. The second-order valence-electron chi connectivity index (χ2n) is 3.35. The predicted molar refractivity (Wildman–Crippen MR) is 78.9 cm³/mol. The third-order valence-corrected chi connectivity index (χ3v) is 4.53. The molecule has 78 valence electrons. The first-order chi connectivity index (χ1) is 7.25. The topological polar surface area (TPSA) is 0 Å². The Morgan fingerprint density at radius 1 is 1.20 bits per heavy atom. The molecule has 0 spiro atoms. The first kappa shape index (κ1) is 11.6. The van der Waals surface area contributed by atoms with Crippen molar-refractivity contribution < 1.29 is 0 Å². The van der Waals surface area contributed by atoms with Gasteiger partial charge in [-0.15, -0.1) is 0 Å². The molecule has 0 aliphatic carbocycles. The van der Waals surface area contributed by atoms with Crippen LogP contribution in [-0.2, 0) is 6.42 Å². The lowest BCUT2D eigenvalue weighted by Gasteiger charge is -2.08. The van der Waals surface area contributed by atoms with Gasteiger partial charge < -0.3 is 0 Å². The maximum absolute atomic E-state index is 3.73. The van der Waals surface area contributed by atoms with E-state index < -0.39 is 0 Å². The number of hydrogen-bond acceptors (Lipinski definition) is 1. The van der Waals surface area contributed by atoms with Crippen LogP contribution in [0.25, 0.3) is 0 Å². The Labute approximate surface area is 116 Å². The Bertz CT molecular complexity index is 408. The zero-order valence-corrected chi connectivity index (χ0v) is 12.6. The highest BCUT2D eigenvalue weighted by atomic mass is 127. The summed E-state index contributed by atoms with van der Waals surface area (Å²) in [5, 5.41) is 4.34. The Morgan fingerprint density at radius 2 is 1.93 bits per heavy atom. The van der Waals surface area contributed by atoms with E-state index in [0.717, 1.165) is 6.42 Å². The van der Waals surface area contributed by atoms with Gasteiger partial charge in [-0.2, -0.15) is 11.3 Å². The predicted octanol–water partition coefficient (Wildman–Crippen LogP) is 5.03. The summed E-state index contributed by atoms with van der Waals surface area (Å²) in [6.45, 7) is 0. The second-order valence-corrected chi connectivity index (χ2v) is 6.49. The number of halogens is 2. The molecule has 15 heavy (non-hydrogen) atoms. The van der Waals surface area contributed by atoms with Gasteiger partial charge in [0.15, 0.2) is 0 Å². The van der Waals surface area contributed by atoms with Crippen LogP contribution in [0.1, 0.15) is 16.0 Å². The minimum atomic E-state index is 0.420. The molecule has 0 N–H and O–H groups in total. The van der Waals surface area contributed by atoms with E-state index in [1.54, 1.807) is 11.3 Å². The van der Waals surface area contributed by atoms with Crippen molar-refractivity contribution in [1.29, 1.82) is 0 Å². The quantitative estimate of drug-likeness (QED) is 0.507. The highest BCUT2D eigenvalue weighted by molar-refractivity contribution is 14.1. The maximum Gasteiger partial charge on any atom is 0.0435 e. The largest absolute Gasteiger partial charge is 0.152 e. The molecule has 0 bridgehead atoms. The zero-order chi connectivity index (χ0) is 10.7. The van der Waals surface area contributed by atoms with Crippen molar-refractivity contribution >= 4 is 49.9 Å². The lowest BCUT2D eigenvalue weighted by molar-refractivity contribution is 0.954. The molecule has 1 aromatic carbocycles. The molecule has 0 aliphatic rings. The molecular formula is C12H10BrIS. The minimum Gasteiger partial charge on any atom is -0.152 e. The molecule has 0 aliphatic heterocycles. The van der Waals surface area contributed by atoms with Crippen LogP contribution in [0.5, 0.6) is 0 Å². The van der Waals surface area contributed by atoms with Gasteiger partial charge in [0.2, 0.25) is 0 Å². The summed E-state index contributed by atoms with van der Waals surface area (Å²) in [4.78, 5) is 0.420. The van der Waals surface area contributed by atoms with Crippen LogP contribution in [0.2, 0.25) is 0 Å². The molecule has 1 unspecified atom stereocenters. The molecule has 0 saturated carbocycles. The number of thiophene rings is 1. The van der Waals surface area contributed by atoms with Gasteiger partial charge in [-0.05, 0) is 69.1 Å². The normalized spacial score (nSPS) is 12.7. The molecule has 0 radical (unpaired) electrons. The van der Waals surface area contributed by atoms with Crippen LogP contribution >= 0.6 is 49.9 Å². The smallest absolute Gasteiger partial charge is 0.0435 e. The molecule has 0 saturated heterocycles. The van der Waals surface area contributed by atoms with E-state index in [0.29, 0.717) is 4.83 Å². The van der Waals surface area contributed by atoms with Gasteiger partial charge in [0.1, 0.15) is 0 Å². The fourth-order valence-corrected chi connectivity index (χ4v) is 3.13. The number of benzene rings is 1. The molecule has 0 fully saturated rings. The van der Waals surface area contributed by atoms with Gasteiger partial charge in [-0.3, -0.25) is 0 Å². The Kier molecular flexibility index (Phi) is 4.22. The van der Waals surface area contributed by atoms with E-state index in [2.05, 4.69) is 79.6 Å². The van der Waals surface area contributed by atoms with Gasteiger partial charge >= 0.3 is 0 Å². The fraction of sp³-hybridized carbons (Fsp3) is 0.167. The summed E-state index contributed by atoms with van der Waals surface area (Å²) in [7, 11) is 0. The summed E-state index contributed by atoms with van der Waals surface area (Å²) in [5.74, 6) is 0. The van der Waals surface area contributed by atoms with Crippen LogP contribution in [-0.4, -0.2) is 0 Å². The van der Waals surface area contributed by atoms with Crippen LogP contribution in [0.15, 0.2) is 41.1 Å². The van der Waals surface area contributed by atoms with Crippen molar-refractivity contribution in [3.05, 3.63) is 55.8 Å². The lowest BCUT2D eigenvalue weighted by Crippen LogP contribution is -1.93. The first-order valence-corrected chi connectivity index (χ1v) is 7.60. The van der Waals surface area contributed by atoms with Crippen molar-refractivity contribution in [3.8, 4) is 0 Å². The van der Waals surface area contributed by atoms with E-state index in [-0.39, 0.29) is 0 Å². The van der Waals surface area contributed by atoms with Crippen molar-refractivity contribution in [2.24, 2.45) is 0 Å². The summed E-state index contributed by atoms with van der Waals surface area (Å²) in [5.41, 5.74) is 2.75. The van der Waals surface area contributed by atoms with Crippen molar-refractivity contribution in [1.82, 2.24) is 0 Å². The van der Waals surface area contributed by atoms with E-state index >= 15 is 0 Å². The molecule has 1 aromatic heterocycles. The molecular weight excluding hydrogens is 383 g/mol. The molecule has 1 heterocycles. The van der Waals surface area contributed by atoms with Crippen LogP contribution in [0.4, 0.5) is 0 Å². The standard InChI is InChI=1S/C12H10BrIS/c13-12(7-9-5-6-15-8-9)10-1-3-11(14)4-2-10/h1-6,8,12H,7H2. The Balaban J connectivity index is 2.08. The third-order valence-electron chi connectivity index (χ3n) is 2.23. The van der Waals surface area contributed by atoms with Crippen molar-refractivity contribution in [2.75, 3.05) is 0 Å². The average molecular weight is 393 g/mol. The molecule has 3 heteroatoms.